The monoisotopic (exact) mass is 1350 g/mol. The van der Waals surface area contributed by atoms with E-state index in [1.54, 1.807) is 0 Å². The number of carbonyl (C=O) groups excluding carboxylic acids is 4. The Hall–Kier alpha value is -2.46. The number of aliphatic hydroxyl groups is 1. The van der Waals surface area contributed by atoms with E-state index in [4.69, 9.17) is 37.0 Å². The molecule has 542 valence electrons. The standard InChI is InChI=1S/C73H138O17P2/c1-8-9-10-11-12-13-14-15-16-17-22-27-32-40-47-54-70(75)83-60-68(89-72(77)56-49-42-33-28-23-18-20-25-30-37-44-51-64(2)3)62-87-91(79,80)85-58-67(74)59-86-92(81,82)88-63-69(61-84-71(76)55-48-41-36-35-39-46-53-66(6)7)90-73(78)57-50-43-34-29-24-19-21-26-31-38-45-52-65(4)5/h13-16,64-69,74H,8-12,17-63H2,1-7H3,(H,79,80)(H,81,82)/b14-13-,16-15-/t67-,68-,69-/m1/s1. The zero-order valence-corrected chi connectivity index (χ0v) is 61.3. The van der Waals surface area contributed by atoms with E-state index in [0.717, 1.165) is 127 Å². The van der Waals surface area contributed by atoms with Crippen LogP contribution in [0.5, 0.6) is 0 Å². The van der Waals surface area contributed by atoms with Crippen LogP contribution in [0.3, 0.4) is 0 Å². The summed E-state index contributed by atoms with van der Waals surface area (Å²) in [6.45, 7) is 11.7. The lowest BCUT2D eigenvalue weighted by Crippen LogP contribution is -2.30. The molecular weight excluding hydrogens is 1210 g/mol. The van der Waals surface area contributed by atoms with Gasteiger partial charge < -0.3 is 33.8 Å². The predicted octanol–water partition coefficient (Wildman–Crippen LogP) is 20.6. The molecule has 0 heterocycles. The van der Waals surface area contributed by atoms with Gasteiger partial charge in [0, 0.05) is 25.7 Å². The SMILES string of the molecule is CCCCCC/C=C\C=C/CCCCCCCC(=O)OC[C@H](COP(=O)(O)OC[C@@H](O)COP(=O)(O)OC[C@@H](COC(=O)CCCCCCCCC(C)C)OC(=O)CCCCCCCCCCCCCC(C)C)OC(=O)CCCCCCCCCCCCCC(C)C. The number of esters is 4. The summed E-state index contributed by atoms with van der Waals surface area (Å²) in [5, 5.41) is 10.6. The number of carbonyl (C=O) groups is 4. The summed E-state index contributed by atoms with van der Waals surface area (Å²) >= 11 is 0. The number of ether oxygens (including phenoxy) is 4. The van der Waals surface area contributed by atoms with Crippen molar-refractivity contribution >= 4 is 39.5 Å². The third-order valence-electron chi connectivity index (χ3n) is 16.3. The van der Waals surface area contributed by atoms with Crippen LogP contribution < -0.4 is 0 Å². The van der Waals surface area contributed by atoms with E-state index in [-0.39, 0.29) is 25.7 Å². The summed E-state index contributed by atoms with van der Waals surface area (Å²) in [5.74, 6) is 0.0498. The Bertz CT molecular complexity index is 1890. The molecule has 3 N–H and O–H groups in total. The van der Waals surface area contributed by atoms with E-state index >= 15 is 0 Å². The summed E-state index contributed by atoms with van der Waals surface area (Å²) in [6, 6.07) is 0. The third-order valence-corrected chi connectivity index (χ3v) is 18.2. The molecule has 0 fully saturated rings. The van der Waals surface area contributed by atoms with Crippen molar-refractivity contribution in [3.8, 4) is 0 Å². The van der Waals surface area contributed by atoms with Crippen molar-refractivity contribution in [3.05, 3.63) is 24.3 Å². The summed E-state index contributed by atoms with van der Waals surface area (Å²) in [7, 11) is -9.92. The zero-order valence-electron chi connectivity index (χ0n) is 59.5. The Kier molecular flexibility index (Phi) is 61.6. The molecule has 0 saturated carbocycles. The molecule has 92 heavy (non-hydrogen) atoms. The van der Waals surface area contributed by atoms with E-state index in [0.29, 0.717) is 31.6 Å². The number of rotatable bonds is 69. The van der Waals surface area contributed by atoms with Crippen molar-refractivity contribution in [2.75, 3.05) is 39.6 Å². The summed E-state index contributed by atoms with van der Waals surface area (Å²) in [6.07, 6.45) is 50.9. The first-order valence-corrected chi connectivity index (χ1v) is 40.2. The molecule has 0 aromatic heterocycles. The normalized spacial score (nSPS) is 14.3. The van der Waals surface area contributed by atoms with Gasteiger partial charge in [0.1, 0.15) is 19.3 Å². The molecule has 19 heteroatoms. The molecule has 0 aromatic rings. The van der Waals surface area contributed by atoms with Gasteiger partial charge in [-0.05, 0) is 69.1 Å². The van der Waals surface area contributed by atoms with Gasteiger partial charge in [0.15, 0.2) is 12.2 Å². The number of phosphoric ester groups is 2. The maximum absolute atomic E-state index is 13.0. The number of allylic oxidation sites excluding steroid dienone is 4. The molecule has 0 aliphatic heterocycles. The first-order chi connectivity index (χ1) is 44.2. The number of aliphatic hydroxyl groups excluding tert-OH is 1. The van der Waals surface area contributed by atoms with Crippen molar-refractivity contribution in [1.82, 2.24) is 0 Å². The van der Waals surface area contributed by atoms with E-state index in [1.165, 1.54) is 128 Å². The highest BCUT2D eigenvalue weighted by molar-refractivity contribution is 7.47. The highest BCUT2D eigenvalue weighted by Crippen LogP contribution is 2.45. The minimum Gasteiger partial charge on any atom is -0.462 e. The van der Waals surface area contributed by atoms with Crippen molar-refractivity contribution in [2.45, 2.75) is 362 Å². The van der Waals surface area contributed by atoms with Crippen LogP contribution in [0.25, 0.3) is 0 Å². The van der Waals surface area contributed by atoms with Gasteiger partial charge in [-0.3, -0.25) is 37.3 Å². The largest absolute Gasteiger partial charge is 0.472 e. The molecule has 0 saturated heterocycles. The minimum absolute atomic E-state index is 0.0991. The fourth-order valence-electron chi connectivity index (χ4n) is 10.5. The molecule has 2 unspecified atom stereocenters. The van der Waals surface area contributed by atoms with E-state index in [9.17, 15) is 43.2 Å². The molecule has 0 bridgehead atoms. The van der Waals surface area contributed by atoms with E-state index < -0.39 is 97.5 Å². The number of phosphoric acid groups is 2. The average Bonchev–Trinajstić information content (AvgIpc) is 1.62. The van der Waals surface area contributed by atoms with Crippen LogP contribution in [0.1, 0.15) is 344 Å². The Balaban J connectivity index is 5.28. The van der Waals surface area contributed by atoms with Crippen LogP contribution >= 0.6 is 15.6 Å². The molecule has 0 aliphatic rings. The lowest BCUT2D eigenvalue weighted by atomic mass is 10.0. The molecule has 0 radical (unpaired) electrons. The Morgan fingerprint density at radius 2 is 0.587 bits per heavy atom. The lowest BCUT2D eigenvalue weighted by Gasteiger charge is -2.21. The molecule has 5 atom stereocenters. The van der Waals surface area contributed by atoms with Gasteiger partial charge in [0.05, 0.1) is 26.4 Å². The lowest BCUT2D eigenvalue weighted by molar-refractivity contribution is -0.161. The van der Waals surface area contributed by atoms with Crippen LogP contribution in [-0.2, 0) is 65.4 Å². The van der Waals surface area contributed by atoms with Crippen LogP contribution in [0, 0.1) is 17.8 Å². The average molecular weight is 1350 g/mol. The molecular formula is C73H138O17P2. The first kappa shape index (κ1) is 89.5. The zero-order chi connectivity index (χ0) is 68.0. The van der Waals surface area contributed by atoms with E-state index in [2.05, 4.69) is 72.8 Å². The maximum Gasteiger partial charge on any atom is 0.472 e. The molecule has 0 spiro atoms. The molecule has 0 amide bonds. The number of hydrogen-bond acceptors (Lipinski definition) is 15. The third kappa shape index (κ3) is 66.2. The summed E-state index contributed by atoms with van der Waals surface area (Å²) in [5.41, 5.74) is 0. The van der Waals surface area contributed by atoms with E-state index in [1.807, 2.05) is 0 Å². The predicted molar refractivity (Wildman–Crippen MR) is 372 cm³/mol. The van der Waals surface area contributed by atoms with Crippen LogP contribution in [0.2, 0.25) is 0 Å². The Morgan fingerprint density at radius 3 is 0.880 bits per heavy atom. The van der Waals surface area contributed by atoms with Crippen LogP contribution in [0.15, 0.2) is 24.3 Å². The highest BCUT2D eigenvalue weighted by Gasteiger charge is 2.30. The number of unbranched alkanes of at least 4 members (excludes halogenated alkanes) is 34. The minimum atomic E-state index is -4.96. The van der Waals surface area contributed by atoms with Gasteiger partial charge in [-0.15, -0.1) is 0 Å². The van der Waals surface area contributed by atoms with Gasteiger partial charge in [-0.25, -0.2) is 9.13 Å². The molecule has 0 aliphatic carbocycles. The van der Waals surface area contributed by atoms with Crippen LogP contribution in [-0.4, -0.2) is 96.7 Å². The topological polar surface area (TPSA) is 237 Å². The second-order valence-electron chi connectivity index (χ2n) is 27.1. The van der Waals surface area contributed by atoms with Gasteiger partial charge in [0.2, 0.25) is 0 Å². The molecule has 0 aromatic carbocycles. The smallest absolute Gasteiger partial charge is 0.462 e. The van der Waals surface area contributed by atoms with Gasteiger partial charge in [-0.1, -0.05) is 291 Å². The first-order valence-electron chi connectivity index (χ1n) is 37.2. The van der Waals surface area contributed by atoms with Gasteiger partial charge in [0.25, 0.3) is 0 Å². The summed E-state index contributed by atoms with van der Waals surface area (Å²) in [4.78, 5) is 72.6. The number of hydrogen-bond donors (Lipinski definition) is 3. The Morgan fingerprint density at radius 1 is 0.337 bits per heavy atom. The van der Waals surface area contributed by atoms with Crippen molar-refractivity contribution < 1.29 is 80.2 Å². The highest BCUT2D eigenvalue weighted by atomic mass is 31.2. The fourth-order valence-corrected chi connectivity index (χ4v) is 12.1. The second kappa shape index (κ2) is 63.3. The molecule has 17 nitrogen and oxygen atoms in total. The summed E-state index contributed by atoms with van der Waals surface area (Å²) < 4.78 is 68.3. The van der Waals surface area contributed by atoms with Gasteiger partial charge in [-0.2, -0.15) is 0 Å². The quantitative estimate of drug-likeness (QED) is 0.0169. The molecule has 0 rings (SSSR count). The van der Waals surface area contributed by atoms with Crippen molar-refractivity contribution in [2.24, 2.45) is 17.8 Å². The maximum atomic E-state index is 13.0. The second-order valence-corrected chi connectivity index (χ2v) is 30.0. The Labute approximate surface area is 561 Å². The van der Waals surface area contributed by atoms with Crippen molar-refractivity contribution in [1.29, 1.82) is 0 Å². The fraction of sp³-hybridized carbons (Fsp3) is 0.890. The van der Waals surface area contributed by atoms with Gasteiger partial charge >= 0.3 is 39.5 Å². The van der Waals surface area contributed by atoms with Crippen molar-refractivity contribution in [3.63, 3.8) is 0 Å². The van der Waals surface area contributed by atoms with Crippen LogP contribution in [0.4, 0.5) is 0 Å².